The minimum Gasteiger partial charge on any atom is -0.478 e. The summed E-state index contributed by atoms with van der Waals surface area (Å²) in [5.74, 6) is -1.03. The van der Waals surface area contributed by atoms with Gasteiger partial charge in [-0.05, 0) is 12.8 Å². The van der Waals surface area contributed by atoms with Crippen LogP contribution < -0.4 is 0 Å². The van der Waals surface area contributed by atoms with Crippen molar-refractivity contribution >= 4 is 5.97 Å². The van der Waals surface area contributed by atoms with Crippen LogP contribution in [0.3, 0.4) is 0 Å². The molecule has 0 bridgehead atoms. The monoisotopic (exact) mass is 228 g/mol. The van der Waals surface area contributed by atoms with Crippen LogP contribution in [0.4, 0.5) is 0 Å². The van der Waals surface area contributed by atoms with Crippen LogP contribution in [-0.4, -0.2) is 33.5 Å². The highest BCUT2D eigenvalue weighted by Crippen LogP contribution is 2.03. The summed E-state index contributed by atoms with van der Waals surface area (Å²) in [4.78, 5) is 10.1. The number of unbranched alkanes of at least 4 members (excludes halogenated alkanes) is 1. The fourth-order valence-electron chi connectivity index (χ4n) is 1.15. The third-order valence-electron chi connectivity index (χ3n) is 2.05. The van der Waals surface area contributed by atoms with E-state index in [1.165, 1.54) is 12.2 Å². The number of rotatable bonds is 8. The Balaban J connectivity index is 3.80. The molecule has 0 unspecified atom stereocenters. The predicted octanol–water partition coefficient (Wildman–Crippen LogP) is 1.49. The number of aliphatic hydroxyl groups excluding tert-OH is 2. The van der Waals surface area contributed by atoms with Crippen LogP contribution in [0.5, 0.6) is 0 Å². The Kier molecular flexibility index (Phi) is 8.48. The van der Waals surface area contributed by atoms with Crippen molar-refractivity contribution in [1.82, 2.24) is 0 Å². The molecule has 0 rings (SSSR count). The predicted molar refractivity (Wildman–Crippen MR) is 62.1 cm³/mol. The maximum atomic E-state index is 10.1. The van der Waals surface area contributed by atoms with Gasteiger partial charge in [-0.1, -0.05) is 38.0 Å². The average molecular weight is 228 g/mol. The van der Waals surface area contributed by atoms with Gasteiger partial charge in [0.2, 0.25) is 0 Å². The Morgan fingerprint density at radius 1 is 1.25 bits per heavy atom. The Hall–Kier alpha value is -1.13. The van der Waals surface area contributed by atoms with E-state index in [-0.39, 0.29) is 6.42 Å². The van der Waals surface area contributed by atoms with Gasteiger partial charge < -0.3 is 15.3 Å². The third-order valence-corrected chi connectivity index (χ3v) is 2.05. The lowest BCUT2D eigenvalue weighted by Gasteiger charge is -2.05. The van der Waals surface area contributed by atoms with E-state index in [1.807, 2.05) is 6.92 Å². The molecule has 0 spiro atoms. The van der Waals surface area contributed by atoms with Crippen LogP contribution in [0.1, 0.15) is 32.6 Å². The first-order chi connectivity index (χ1) is 7.56. The van der Waals surface area contributed by atoms with Crippen LogP contribution in [-0.2, 0) is 4.79 Å². The van der Waals surface area contributed by atoms with Crippen molar-refractivity contribution in [1.29, 1.82) is 0 Å². The Bertz CT molecular complexity index is 245. The van der Waals surface area contributed by atoms with E-state index in [9.17, 15) is 15.0 Å². The van der Waals surface area contributed by atoms with Crippen LogP contribution in [0.25, 0.3) is 0 Å². The van der Waals surface area contributed by atoms with E-state index in [4.69, 9.17) is 5.11 Å². The zero-order chi connectivity index (χ0) is 12.4. The highest BCUT2D eigenvalue weighted by molar-refractivity contribution is 5.79. The molecule has 0 saturated carbocycles. The second-order valence-corrected chi connectivity index (χ2v) is 3.64. The number of carboxylic acids is 1. The average Bonchev–Trinajstić information content (AvgIpc) is 2.23. The zero-order valence-corrected chi connectivity index (χ0v) is 9.54. The number of carbonyl (C=O) groups is 1. The van der Waals surface area contributed by atoms with Crippen LogP contribution >= 0.6 is 0 Å². The zero-order valence-electron chi connectivity index (χ0n) is 9.54. The Morgan fingerprint density at radius 2 is 1.88 bits per heavy atom. The van der Waals surface area contributed by atoms with Crippen molar-refractivity contribution in [2.75, 3.05) is 0 Å². The molecule has 0 radical (unpaired) electrons. The SMILES string of the molecule is CCCC[C@@H](O)/C=C\[C@H](O)C/C=C\C(=O)O. The molecule has 0 aromatic rings. The van der Waals surface area contributed by atoms with Crippen molar-refractivity contribution in [2.24, 2.45) is 0 Å². The molecule has 0 aromatic heterocycles. The molecule has 16 heavy (non-hydrogen) atoms. The van der Waals surface area contributed by atoms with Crippen molar-refractivity contribution in [3.63, 3.8) is 0 Å². The van der Waals surface area contributed by atoms with Gasteiger partial charge >= 0.3 is 5.97 Å². The lowest BCUT2D eigenvalue weighted by atomic mass is 10.1. The fourth-order valence-corrected chi connectivity index (χ4v) is 1.15. The number of carboxylic acid groups (broad SMARTS) is 1. The van der Waals surface area contributed by atoms with E-state index >= 15 is 0 Å². The molecule has 0 fully saturated rings. The molecule has 3 N–H and O–H groups in total. The molecule has 0 aromatic carbocycles. The first-order valence-corrected chi connectivity index (χ1v) is 5.50. The van der Waals surface area contributed by atoms with E-state index in [1.54, 1.807) is 6.08 Å². The smallest absolute Gasteiger partial charge is 0.327 e. The molecule has 0 heterocycles. The summed E-state index contributed by atoms with van der Waals surface area (Å²) in [5, 5.41) is 27.1. The summed E-state index contributed by atoms with van der Waals surface area (Å²) in [6.07, 6.45) is 7.04. The first kappa shape index (κ1) is 14.9. The van der Waals surface area contributed by atoms with Crippen LogP contribution in [0.2, 0.25) is 0 Å². The van der Waals surface area contributed by atoms with Gasteiger partial charge in [-0.2, -0.15) is 0 Å². The first-order valence-electron chi connectivity index (χ1n) is 5.50. The van der Waals surface area contributed by atoms with Crippen LogP contribution in [0.15, 0.2) is 24.3 Å². The topological polar surface area (TPSA) is 77.8 Å². The summed E-state index contributed by atoms with van der Waals surface area (Å²) < 4.78 is 0. The normalized spacial score (nSPS) is 15.7. The highest BCUT2D eigenvalue weighted by Gasteiger charge is 2.00. The molecule has 0 aliphatic carbocycles. The van der Waals surface area contributed by atoms with Gasteiger partial charge in [0.25, 0.3) is 0 Å². The minimum absolute atomic E-state index is 0.239. The summed E-state index contributed by atoms with van der Waals surface area (Å²) in [7, 11) is 0. The molecular weight excluding hydrogens is 208 g/mol. The second kappa shape index (κ2) is 9.12. The van der Waals surface area contributed by atoms with Gasteiger partial charge in [-0.3, -0.25) is 0 Å². The summed E-state index contributed by atoms with van der Waals surface area (Å²) in [6, 6.07) is 0. The van der Waals surface area contributed by atoms with Crippen molar-refractivity contribution in [3.05, 3.63) is 24.3 Å². The van der Waals surface area contributed by atoms with E-state index in [0.717, 1.165) is 18.9 Å². The van der Waals surface area contributed by atoms with Gasteiger partial charge in [0.05, 0.1) is 12.2 Å². The summed E-state index contributed by atoms with van der Waals surface area (Å²) in [6.45, 7) is 2.04. The van der Waals surface area contributed by atoms with Gasteiger partial charge in [-0.25, -0.2) is 4.79 Å². The molecule has 0 aliphatic rings. The standard InChI is InChI=1S/C12H20O4/c1-2-3-5-10(13)8-9-11(14)6-4-7-12(15)16/h4,7-11,13-14H,2-3,5-6H2,1H3,(H,15,16)/b7-4-,9-8-/t10-,11-/m1/s1. The molecular formula is C12H20O4. The molecule has 92 valence electrons. The van der Waals surface area contributed by atoms with Crippen LogP contribution in [0, 0.1) is 0 Å². The summed E-state index contributed by atoms with van der Waals surface area (Å²) in [5.41, 5.74) is 0. The fraction of sp³-hybridized carbons (Fsp3) is 0.583. The number of aliphatic carboxylic acids is 1. The van der Waals surface area contributed by atoms with Gasteiger partial charge in [0.15, 0.2) is 0 Å². The van der Waals surface area contributed by atoms with Gasteiger partial charge in [-0.15, -0.1) is 0 Å². The molecule has 4 heteroatoms. The maximum Gasteiger partial charge on any atom is 0.327 e. The van der Waals surface area contributed by atoms with E-state index in [2.05, 4.69) is 0 Å². The molecule has 2 atom stereocenters. The van der Waals surface area contributed by atoms with E-state index < -0.39 is 18.2 Å². The minimum atomic E-state index is -1.03. The summed E-state index contributed by atoms with van der Waals surface area (Å²) >= 11 is 0. The third kappa shape index (κ3) is 9.43. The molecule has 0 saturated heterocycles. The number of hydrogen-bond acceptors (Lipinski definition) is 3. The quantitative estimate of drug-likeness (QED) is 0.434. The maximum absolute atomic E-state index is 10.1. The molecule has 0 aliphatic heterocycles. The van der Waals surface area contributed by atoms with Crippen molar-refractivity contribution in [3.8, 4) is 0 Å². The Labute approximate surface area is 95.9 Å². The Morgan fingerprint density at radius 3 is 2.44 bits per heavy atom. The number of hydrogen-bond donors (Lipinski definition) is 3. The number of aliphatic hydroxyl groups is 2. The molecule has 0 amide bonds. The van der Waals surface area contributed by atoms with E-state index in [0.29, 0.717) is 6.42 Å². The van der Waals surface area contributed by atoms with Crippen molar-refractivity contribution in [2.45, 2.75) is 44.8 Å². The lowest BCUT2D eigenvalue weighted by Crippen LogP contribution is -2.06. The second-order valence-electron chi connectivity index (χ2n) is 3.64. The van der Waals surface area contributed by atoms with Gasteiger partial charge in [0.1, 0.15) is 0 Å². The lowest BCUT2D eigenvalue weighted by molar-refractivity contribution is -0.131. The van der Waals surface area contributed by atoms with Crippen molar-refractivity contribution < 1.29 is 20.1 Å². The van der Waals surface area contributed by atoms with Gasteiger partial charge in [0, 0.05) is 6.08 Å². The highest BCUT2D eigenvalue weighted by atomic mass is 16.4. The largest absolute Gasteiger partial charge is 0.478 e. The molecule has 4 nitrogen and oxygen atoms in total.